The van der Waals surface area contributed by atoms with E-state index in [0.29, 0.717) is 38.7 Å². The second kappa shape index (κ2) is 8.98. The number of anilines is 1. The van der Waals surface area contributed by atoms with Crippen LogP contribution < -0.4 is 10.2 Å². The van der Waals surface area contributed by atoms with Crippen molar-refractivity contribution >= 4 is 12.0 Å². The minimum absolute atomic E-state index is 0.0227. The number of amides is 2. The van der Waals surface area contributed by atoms with E-state index in [1.807, 2.05) is 35.2 Å². The second-order valence-corrected chi connectivity index (χ2v) is 8.71. The number of carbonyl (C=O) groups is 1. The monoisotopic (exact) mass is 431 g/mol. The summed E-state index contributed by atoms with van der Waals surface area (Å²) in [5.41, 5.74) is 2.34. The molecule has 166 valence electrons. The molecule has 0 spiro atoms. The molecule has 32 heavy (non-hydrogen) atoms. The topological polar surface area (TPSA) is 79.2 Å². The molecule has 0 unspecified atom stereocenters. The minimum Gasteiger partial charge on any atom is -0.337 e. The summed E-state index contributed by atoms with van der Waals surface area (Å²) in [5.74, 6) is 0.713. The molecule has 1 aromatic heterocycles. The van der Waals surface area contributed by atoms with Gasteiger partial charge in [-0.25, -0.2) is 4.79 Å². The predicted octanol–water partition coefficient (Wildman–Crippen LogP) is 3.01. The molecule has 1 saturated heterocycles. The summed E-state index contributed by atoms with van der Waals surface area (Å²) in [6.45, 7) is 3.38. The van der Waals surface area contributed by atoms with Crippen LogP contribution >= 0.6 is 0 Å². The van der Waals surface area contributed by atoms with Crippen LogP contribution in [0.1, 0.15) is 31.2 Å². The first-order valence-electron chi connectivity index (χ1n) is 11.4. The Bertz CT molecular complexity index is 1020. The van der Waals surface area contributed by atoms with Gasteiger partial charge in [-0.15, -0.1) is 0 Å². The molecule has 1 aliphatic heterocycles. The molecule has 1 N–H and O–H groups in total. The number of benzene rings is 2. The van der Waals surface area contributed by atoms with Crippen molar-refractivity contribution in [1.29, 1.82) is 0 Å². The highest BCUT2D eigenvalue weighted by Crippen LogP contribution is 2.40. The highest BCUT2D eigenvalue weighted by Gasteiger charge is 2.36. The smallest absolute Gasteiger partial charge is 0.317 e. The van der Waals surface area contributed by atoms with Gasteiger partial charge in [0, 0.05) is 38.1 Å². The van der Waals surface area contributed by atoms with E-state index >= 15 is 0 Å². The van der Waals surface area contributed by atoms with Crippen LogP contribution in [0.2, 0.25) is 0 Å². The summed E-state index contributed by atoms with van der Waals surface area (Å²) >= 11 is 0. The van der Waals surface area contributed by atoms with Crippen LogP contribution in [-0.2, 0) is 5.41 Å². The van der Waals surface area contributed by atoms with Crippen molar-refractivity contribution in [3.63, 3.8) is 0 Å². The fourth-order valence-corrected chi connectivity index (χ4v) is 4.99. The van der Waals surface area contributed by atoms with Crippen LogP contribution in [-0.4, -0.2) is 63.9 Å². The lowest BCUT2D eigenvalue weighted by Crippen LogP contribution is -2.53. The van der Waals surface area contributed by atoms with E-state index in [1.54, 1.807) is 4.68 Å². The van der Waals surface area contributed by atoms with Crippen LogP contribution in [0.15, 0.2) is 60.7 Å². The first kappa shape index (κ1) is 20.5. The van der Waals surface area contributed by atoms with Crippen molar-refractivity contribution in [2.75, 3.05) is 37.6 Å². The summed E-state index contributed by atoms with van der Waals surface area (Å²) in [7, 11) is 0. The number of para-hydroxylation sites is 1. The Morgan fingerprint density at radius 2 is 1.56 bits per heavy atom. The van der Waals surface area contributed by atoms with Gasteiger partial charge in [0.15, 0.2) is 0 Å². The predicted molar refractivity (Wildman–Crippen MR) is 123 cm³/mol. The molecule has 2 heterocycles. The van der Waals surface area contributed by atoms with Gasteiger partial charge in [-0.3, -0.25) is 0 Å². The van der Waals surface area contributed by atoms with Gasteiger partial charge < -0.3 is 15.1 Å². The zero-order valence-electron chi connectivity index (χ0n) is 18.2. The molecule has 2 aliphatic rings. The van der Waals surface area contributed by atoms with Crippen molar-refractivity contribution in [3.8, 4) is 5.69 Å². The lowest BCUT2D eigenvalue weighted by molar-refractivity contribution is 0.190. The van der Waals surface area contributed by atoms with Gasteiger partial charge in [-0.2, -0.15) is 4.68 Å². The normalized spacial score (nSPS) is 18.0. The molecule has 8 heteroatoms. The van der Waals surface area contributed by atoms with Crippen molar-refractivity contribution in [2.24, 2.45) is 0 Å². The van der Waals surface area contributed by atoms with Crippen LogP contribution in [0.3, 0.4) is 0 Å². The largest absolute Gasteiger partial charge is 0.337 e. The minimum atomic E-state index is 0.0227. The lowest BCUT2D eigenvalue weighted by Gasteiger charge is -2.36. The van der Waals surface area contributed by atoms with Crippen LogP contribution in [0, 0.1) is 0 Å². The van der Waals surface area contributed by atoms with Crippen LogP contribution in [0.25, 0.3) is 5.69 Å². The van der Waals surface area contributed by atoms with E-state index in [4.69, 9.17) is 0 Å². The van der Waals surface area contributed by atoms with E-state index in [9.17, 15) is 4.79 Å². The number of rotatable bonds is 5. The molecule has 2 aromatic carbocycles. The fraction of sp³-hybridized carbons (Fsp3) is 0.417. The molecule has 5 rings (SSSR count). The zero-order valence-corrected chi connectivity index (χ0v) is 18.2. The van der Waals surface area contributed by atoms with Crippen molar-refractivity contribution in [2.45, 2.75) is 31.1 Å². The number of piperazine rings is 1. The zero-order chi connectivity index (χ0) is 21.8. The van der Waals surface area contributed by atoms with Gasteiger partial charge in [-0.05, 0) is 41.0 Å². The Kier molecular flexibility index (Phi) is 5.75. The Labute approximate surface area is 188 Å². The Balaban J connectivity index is 1.19. The molecule has 8 nitrogen and oxygen atoms in total. The molecule has 2 fully saturated rings. The number of hydrogen-bond donors (Lipinski definition) is 1. The van der Waals surface area contributed by atoms with E-state index < -0.39 is 0 Å². The fourth-order valence-electron chi connectivity index (χ4n) is 4.99. The van der Waals surface area contributed by atoms with E-state index in [-0.39, 0.29) is 11.4 Å². The van der Waals surface area contributed by atoms with Gasteiger partial charge in [0.05, 0.1) is 5.69 Å². The third-order valence-electron chi connectivity index (χ3n) is 6.83. The average molecular weight is 432 g/mol. The van der Waals surface area contributed by atoms with E-state index in [2.05, 4.69) is 56.1 Å². The molecule has 1 saturated carbocycles. The van der Waals surface area contributed by atoms with Crippen LogP contribution in [0.5, 0.6) is 0 Å². The van der Waals surface area contributed by atoms with Gasteiger partial charge in [0.1, 0.15) is 0 Å². The number of tetrazole rings is 1. The maximum atomic E-state index is 13.0. The molecule has 2 amide bonds. The highest BCUT2D eigenvalue weighted by molar-refractivity contribution is 5.74. The number of nitrogens with one attached hydrogen (secondary N) is 1. The summed E-state index contributed by atoms with van der Waals surface area (Å²) in [5, 5.41) is 15.5. The van der Waals surface area contributed by atoms with Crippen molar-refractivity contribution in [1.82, 2.24) is 30.4 Å². The quantitative estimate of drug-likeness (QED) is 0.672. The van der Waals surface area contributed by atoms with Gasteiger partial charge in [-0.1, -0.05) is 66.5 Å². The van der Waals surface area contributed by atoms with E-state index in [0.717, 1.165) is 18.5 Å². The van der Waals surface area contributed by atoms with Gasteiger partial charge >= 0.3 is 6.03 Å². The summed E-state index contributed by atoms with van der Waals surface area (Å²) in [6.07, 6.45) is 4.71. The number of hydrogen-bond acceptors (Lipinski definition) is 5. The molecule has 0 radical (unpaired) electrons. The average Bonchev–Trinajstić information content (AvgIpc) is 3.55. The van der Waals surface area contributed by atoms with Gasteiger partial charge in [0.2, 0.25) is 5.95 Å². The molecular weight excluding hydrogens is 402 g/mol. The second-order valence-electron chi connectivity index (χ2n) is 8.71. The van der Waals surface area contributed by atoms with Gasteiger partial charge in [0.25, 0.3) is 0 Å². The molecule has 1 aliphatic carbocycles. The molecule has 3 aromatic rings. The van der Waals surface area contributed by atoms with Crippen molar-refractivity contribution < 1.29 is 4.79 Å². The number of urea groups is 1. The lowest BCUT2D eigenvalue weighted by atomic mass is 9.79. The maximum Gasteiger partial charge on any atom is 0.317 e. The summed E-state index contributed by atoms with van der Waals surface area (Å²) in [6, 6.07) is 20.5. The van der Waals surface area contributed by atoms with E-state index in [1.165, 1.54) is 18.4 Å². The Morgan fingerprint density at radius 1 is 0.906 bits per heavy atom. The standard InChI is InChI=1S/C24H29N7O/c32-23(25-19-24(13-7-8-14-24)20-9-3-1-4-10-20)30-17-15-29(16-18-30)22-26-27-28-31(22)21-11-5-2-6-12-21/h1-6,9-12H,7-8,13-19H2,(H,25,32). The first-order valence-corrected chi connectivity index (χ1v) is 11.4. The SMILES string of the molecule is O=C(NCC1(c2ccccc2)CCCC1)N1CCN(c2nnnn2-c2ccccc2)CC1. The highest BCUT2D eigenvalue weighted by atomic mass is 16.2. The third-order valence-corrected chi connectivity index (χ3v) is 6.83. The van der Waals surface area contributed by atoms with Crippen molar-refractivity contribution in [3.05, 3.63) is 66.2 Å². The molecular formula is C24H29N7O. The number of carbonyl (C=O) groups excluding carboxylic acids is 1. The summed E-state index contributed by atoms with van der Waals surface area (Å²) < 4.78 is 1.75. The van der Waals surface area contributed by atoms with Crippen LogP contribution in [0.4, 0.5) is 10.7 Å². The molecule has 0 atom stereocenters. The first-order chi connectivity index (χ1) is 15.8. The summed E-state index contributed by atoms with van der Waals surface area (Å²) in [4.78, 5) is 17.0. The Morgan fingerprint density at radius 3 is 2.25 bits per heavy atom. The third kappa shape index (κ3) is 4.04. The molecule has 0 bridgehead atoms. The maximum absolute atomic E-state index is 13.0. The number of nitrogens with zero attached hydrogens (tertiary/aromatic N) is 6. The number of aromatic nitrogens is 4. The Hall–Kier alpha value is -3.42.